The third-order valence-corrected chi connectivity index (χ3v) is 4.35. The van der Waals surface area contributed by atoms with Crippen LogP contribution in [-0.4, -0.2) is 27.6 Å². The zero-order chi connectivity index (χ0) is 16.5. The lowest BCUT2D eigenvalue weighted by molar-refractivity contribution is 0.102. The van der Waals surface area contributed by atoms with E-state index in [1.807, 2.05) is 30.5 Å². The molecule has 8 heteroatoms. The van der Waals surface area contributed by atoms with Crippen molar-refractivity contribution in [2.24, 2.45) is 0 Å². The topological polar surface area (TPSA) is 81.7 Å². The molecule has 4 rings (SSSR count). The number of benzene rings is 1. The van der Waals surface area contributed by atoms with Crippen molar-refractivity contribution < 1.29 is 14.1 Å². The van der Waals surface area contributed by atoms with E-state index in [-0.39, 0.29) is 5.91 Å². The van der Waals surface area contributed by atoms with Crippen LogP contribution in [0.3, 0.4) is 0 Å². The number of nitrogens with one attached hydrogen (secondary N) is 1. The average Bonchev–Trinajstić information content (AvgIpc) is 3.31. The first-order chi connectivity index (χ1) is 11.7. The summed E-state index contributed by atoms with van der Waals surface area (Å²) in [7, 11) is 1.63. The monoisotopic (exact) mass is 340 g/mol. The first-order valence-electron chi connectivity index (χ1n) is 7.07. The zero-order valence-electron chi connectivity index (χ0n) is 12.6. The SMILES string of the molecule is COc1ccc(-c2cn3c(C(=O)Nc4ccon4)csc3n2)cc1. The van der Waals surface area contributed by atoms with E-state index in [1.165, 1.54) is 17.6 Å². The van der Waals surface area contributed by atoms with Gasteiger partial charge in [-0.1, -0.05) is 5.16 Å². The summed E-state index contributed by atoms with van der Waals surface area (Å²) in [6.45, 7) is 0. The van der Waals surface area contributed by atoms with Gasteiger partial charge in [-0.05, 0) is 24.3 Å². The largest absolute Gasteiger partial charge is 0.497 e. The number of nitrogens with zero attached hydrogens (tertiary/aromatic N) is 3. The van der Waals surface area contributed by atoms with Crippen molar-refractivity contribution in [1.29, 1.82) is 0 Å². The number of hydrogen-bond acceptors (Lipinski definition) is 6. The van der Waals surface area contributed by atoms with E-state index in [4.69, 9.17) is 9.26 Å². The third-order valence-electron chi connectivity index (χ3n) is 3.51. The number of carbonyl (C=O) groups is 1. The molecule has 0 fully saturated rings. The van der Waals surface area contributed by atoms with Crippen LogP contribution in [-0.2, 0) is 0 Å². The minimum atomic E-state index is -0.270. The third kappa shape index (κ3) is 2.52. The van der Waals surface area contributed by atoms with Crippen molar-refractivity contribution in [3.8, 4) is 17.0 Å². The van der Waals surface area contributed by atoms with E-state index in [0.717, 1.165) is 22.0 Å². The number of imidazole rings is 1. The Kier molecular flexibility index (Phi) is 3.51. The van der Waals surface area contributed by atoms with Gasteiger partial charge < -0.3 is 14.6 Å². The zero-order valence-corrected chi connectivity index (χ0v) is 13.4. The number of amides is 1. The molecule has 0 radical (unpaired) electrons. The van der Waals surface area contributed by atoms with Crippen molar-refractivity contribution in [3.05, 3.63) is 53.9 Å². The summed E-state index contributed by atoms with van der Waals surface area (Å²) in [6.07, 6.45) is 3.24. The Morgan fingerprint density at radius 2 is 2.12 bits per heavy atom. The summed E-state index contributed by atoms with van der Waals surface area (Å²) in [5.74, 6) is 0.885. The molecule has 120 valence electrons. The highest BCUT2D eigenvalue weighted by molar-refractivity contribution is 7.15. The van der Waals surface area contributed by atoms with Crippen LogP contribution in [0.25, 0.3) is 16.2 Å². The first-order valence-corrected chi connectivity index (χ1v) is 7.95. The van der Waals surface area contributed by atoms with Crippen LogP contribution in [0.15, 0.2) is 52.7 Å². The lowest BCUT2D eigenvalue weighted by Gasteiger charge is -2.01. The average molecular weight is 340 g/mol. The highest BCUT2D eigenvalue weighted by Gasteiger charge is 2.16. The van der Waals surface area contributed by atoms with E-state index in [1.54, 1.807) is 23.0 Å². The van der Waals surface area contributed by atoms with Crippen LogP contribution < -0.4 is 10.1 Å². The van der Waals surface area contributed by atoms with Crippen LogP contribution in [0, 0.1) is 0 Å². The Hall–Kier alpha value is -3.13. The smallest absolute Gasteiger partial charge is 0.274 e. The van der Waals surface area contributed by atoms with Gasteiger partial charge in [0.05, 0.1) is 12.8 Å². The lowest BCUT2D eigenvalue weighted by Crippen LogP contribution is -2.13. The molecule has 1 aromatic carbocycles. The summed E-state index contributed by atoms with van der Waals surface area (Å²) in [5.41, 5.74) is 2.24. The van der Waals surface area contributed by atoms with Gasteiger partial charge in [0.1, 0.15) is 17.7 Å². The molecule has 3 heterocycles. The maximum atomic E-state index is 12.4. The van der Waals surface area contributed by atoms with Gasteiger partial charge in [-0.25, -0.2) is 4.98 Å². The van der Waals surface area contributed by atoms with E-state index in [2.05, 4.69) is 15.5 Å². The highest BCUT2D eigenvalue weighted by atomic mass is 32.1. The second-order valence-electron chi connectivity index (χ2n) is 4.97. The molecule has 7 nitrogen and oxygen atoms in total. The van der Waals surface area contributed by atoms with Crippen molar-refractivity contribution in [1.82, 2.24) is 14.5 Å². The van der Waals surface area contributed by atoms with Crippen LogP contribution in [0.5, 0.6) is 5.75 Å². The number of carbonyl (C=O) groups excluding carboxylic acids is 1. The molecule has 0 atom stereocenters. The summed E-state index contributed by atoms with van der Waals surface area (Å²) >= 11 is 1.40. The summed E-state index contributed by atoms with van der Waals surface area (Å²) in [5, 5.41) is 8.11. The van der Waals surface area contributed by atoms with Gasteiger partial charge in [0.15, 0.2) is 10.8 Å². The number of ether oxygens (including phenoxy) is 1. The molecule has 0 spiro atoms. The number of thiazole rings is 1. The van der Waals surface area contributed by atoms with Crippen molar-refractivity contribution in [3.63, 3.8) is 0 Å². The van der Waals surface area contributed by atoms with E-state index in [9.17, 15) is 4.79 Å². The summed E-state index contributed by atoms with van der Waals surface area (Å²) in [6, 6.07) is 9.20. The highest BCUT2D eigenvalue weighted by Crippen LogP contribution is 2.25. The maximum absolute atomic E-state index is 12.4. The Morgan fingerprint density at radius 1 is 1.29 bits per heavy atom. The number of fused-ring (bicyclic) bond motifs is 1. The Morgan fingerprint density at radius 3 is 2.83 bits per heavy atom. The molecule has 0 saturated carbocycles. The van der Waals surface area contributed by atoms with Gasteiger partial charge in [0, 0.05) is 23.2 Å². The van der Waals surface area contributed by atoms with Gasteiger partial charge >= 0.3 is 0 Å². The first kappa shape index (κ1) is 14.5. The number of anilines is 1. The number of rotatable bonds is 4. The van der Waals surface area contributed by atoms with Crippen LogP contribution in [0.1, 0.15) is 10.5 Å². The van der Waals surface area contributed by atoms with Crippen molar-refractivity contribution in [2.45, 2.75) is 0 Å². The van der Waals surface area contributed by atoms with Crippen molar-refractivity contribution in [2.75, 3.05) is 12.4 Å². The lowest BCUT2D eigenvalue weighted by atomic mass is 10.2. The minimum absolute atomic E-state index is 0.270. The molecule has 1 N–H and O–H groups in total. The fourth-order valence-corrected chi connectivity index (χ4v) is 3.16. The molecule has 0 aliphatic rings. The maximum Gasteiger partial charge on any atom is 0.274 e. The van der Waals surface area contributed by atoms with Crippen LogP contribution >= 0.6 is 11.3 Å². The Labute approximate surface area is 140 Å². The van der Waals surface area contributed by atoms with Gasteiger partial charge in [0.25, 0.3) is 5.91 Å². The number of methoxy groups -OCH3 is 1. The predicted molar refractivity (Wildman–Crippen MR) is 89.5 cm³/mol. The molecule has 1 amide bonds. The molecule has 3 aromatic heterocycles. The predicted octanol–water partition coefficient (Wildman–Crippen LogP) is 3.31. The van der Waals surface area contributed by atoms with Gasteiger partial charge in [-0.2, -0.15) is 0 Å². The second kappa shape index (κ2) is 5.82. The van der Waals surface area contributed by atoms with Crippen LogP contribution in [0.4, 0.5) is 5.82 Å². The molecule has 24 heavy (non-hydrogen) atoms. The molecule has 0 unspecified atom stereocenters. The van der Waals surface area contributed by atoms with Gasteiger partial charge in [0.2, 0.25) is 0 Å². The molecule has 0 bridgehead atoms. The molecule has 4 aromatic rings. The molecular weight excluding hydrogens is 328 g/mol. The normalized spacial score (nSPS) is 10.9. The Bertz CT molecular complexity index is 986. The summed E-state index contributed by atoms with van der Waals surface area (Å²) < 4.78 is 11.6. The molecule has 0 aliphatic heterocycles. The van der Waals surface area contributed by atoms with Gasteiger partial charge in [-0.15, -0.1) is 11.3 Å². The minimum Gasteiger partial charge on any atom is -0.497 e. The number of hydrogen-bond donors (Lipinski definition) is 1. The standard InChI is InChI=1S/C16H12N4O3S/c1-22-11-4-2-10(3-5-11)12-8-20-13(9-24-16(20)17-12)15(21)18-14-6-7-23-19-14/h2-9H,1H3,(H,18,19,21). The Balaban J connectivity index is 1.66. The molecule has 0 aliphatic carbocycles. The van der Waals surface area contributed by atoms with E-state index in [0.29, 0.717) is 11.5 Å². The summed E-state index contributed by atoms with van der Waals surface area (Å²) in [4.78, 5) is 17.7. The van der Waals surface area contributed by atoms with Crippen LogP contribution in [0.2, 0.25) is 0 Å². The molecular formula is C16H12N4O3S. The van der Waals surface area contributed by atoms with Gasteiger partial charge in [-0.3, -0.25) is 9.20 Å². The van der Waals surface area contributed by atoms with E-state index < -0.39 is 0 Å². The second-order valence-corrected chi connectivity index (χ2v) is 5.80. The van der Waals surface area contributed by atoms with E-state index >= 15 is 0 Å². The van der Waals surface area contributed by atoms with Crippen molar-refractivity contribution >= 4 is 28.0 Å². The molecule has 0 saturated heterocycles. The number of aromatic nitrogens is 3. The quantitative estimate of drug-likeness (QED) is 0.616. The fraction of sp³-hybridized carbons (Fsp3) is 0.0625. The fourth-order valence-electron chi connectivity index (χ4n) is 2.31.